The van der Waals surface area contributed by atoms with Crippen molar-refractivity contribution in [2.45, 2.75) is 26.1 Å². The largest absolute Gasteiger partial charge is 1.00 e. The summed E-state index contributed by atoms with van der Waals surface area (Å²) in [4.78, 5) is 45.8. The minimum absolute atomic E-state index is 0. The van der Waals surface area contributed by atoms with Crippen molar-refractivity contribution in [3.63, 3.8) is 0 Å². The van der Waals surface area contributed by atoms with Gasteiger partial charge in [0.15, 0.2) is 12.2 Å². The third-order valence-electron chi connectivity index (χ3n) is 2.83. The van der Waals surface area contributed by atoms with E-state index in [9.17, 15) is 45.1 Å². The van der Waals surface area contributed by atoms with Crippen molar-refractivity contribution in [3.05, 3.63) is 0 Å². The summed E-state index contributed by atoms with van der Waals surface area (Å²) in [5, 5.41) is 8.45. The van der Waals surface area contributed by atoms with Gasteiger partial charge in [-0.15, -0.1) is 0 Å². The third-order valence-corrected chi connectivity index (χ3v) is 3.72. The monoisotopic (exact) mass is 522 g/mol. The van der Waals surface area contributed by atoms with E-state index < -0.39 is 56.6 Å². The minimum atomic E-state index is -5.68. The summed E-state index contributed by atoms with van der Waals surface area (Å²) in [7, 11) is -11.4. The number of rotatable bonds is 13. The molecule has 0 rings (SSSR count). The van der Waals surface area contributed by atoms with E-state index in [0.717, 1.165) is 13.8 Å². The van der Waals surface area contributed by atoms with E-state index in [4.69, 9.17) is 0 Å². The maximum atomic E-state index is 12.2. The predicted molar refractivity (Wildman–Crippen MR) is 92.5 cm³/mol. The molecule has 174 valence electrons. The molecular weight excluding hydrogens is 502 g/mol. The summed E-state index contributed by atoms with van der Waals surface area (Å²) >= 11 is 0. The van der Waals surface area contributed by atoms with Gasteiger partial charge in [-0.05, 0) is 0 Å². The fraction of sp³-hybridized carbons (Fsp3) is 0.667. The van der Waals surface area contributed by atoms with Crippen molar-refractivity contribution in [2.75, 3.05) is 26.2 Å². The van der Waals surface area contributed by atoms with E-state index in [1.807, 2.05) is 10.6 Å². The van der Waals surface area contributed by atoms with E-state index in [1.165, 1.54) is 0 Å². The van der Waals surface area contributed by atoms with Crippen LogP contribution in [0.15, 0.2) is 0 Å². The molecule has 4 N–H and O–H groups in total. The van der Waals surface area contributed by atoms with E-state index in [2.05, 4.69) is 19.0 Å². The van der Waals surface area contributed by atoms with Crippen molar-refractivity contribution in [3.8, 4) is 0 Å². The molecule has 2 unspecified atom stereocenters. The third kappa shape index (κ3) is 19.1. The number of hydrogen-bond donors (Lipinski definition) is 4. The average Bonchev–Trinajstić information content (AvgIpc) is 2.56. The predicted octanol–water partition coefficient (Wildman–Crippen LogP) is -10.8. The Bertz CT molecular complexity index is 782. The quantitative estimate of drug-likeness (QED) is 0.0762. The van der Waals surface area contributed by atoms with Crippen LogP contribution in [0.5, 0.6) is 0 Å². The number of carbonyl (C=O) groups is 4. The molecule has 0 aliphatic carbocycles. The number of nitrogens with one attached hydrogen (secondary N) is 4. The van der Waals surface area contributed by atoms with Gasteiger partial charge in [0.05, 0.1) is 0 Å². The van der Waals surface area contributed by atoms with Crippen LogP contribution in [0.1, 0.15) is 13.8 Å². The summed E-state index contributed by atoms with van der Waals surface area (Å²) in [5.41, 5.74) is 0. The first-order valence-electron chi connectivity index (χ1n) is 7.95. The normalized spacial score (nSPS) is 12.8. The van der Waals surface area contributed by atoms with Crippen molar-refractivity contribution in [1.29, 1.82) is 0 Å². The molecule has 0 fully saturated rings. The van der Waals surface area contributed by atoms with E-state index >= 15 is 0 Å². The molecular formula is C12H20N4Na2O12S2. The van der Waals surface area contributed by atoms with Crippen molar-refractivity contribution >= 4 is 44.4 Å². The molecule has 0 spiro atoms. The van der Waals surface area contributed by atoms with Crippen LogP contribution in [0, 0.1) is 0 Å². The van der Waals surface area contributed by atoms with Crippen molar-refractivity contribution < 1.29 is 113 Å². The number of carbonyl (C=O) groups excluding carboxylic acids is 4. The molecule has 32 heavy (non-hydrogen) atoms. The Hall–Kier alpha value is -0.380. The Morgan fingerprint density at radius 1 is 0.656 bits per heavy atom. The summed E-state index contributed by atoms with van der Waals surface area (Å²) in [5.74, 6) is -3.97. The number of hydrogen-bond acceptors (Lipinski definition) is 12. The fourth-order valence-electron chi connectivity index (χ4n) is 1.77. The molecule has 2 atom stereocenters. The van der Waals surface area contributed by atoms with Crippen LogP contribution in [0.4, 0.5) is 0 Å². The molecule has 0 aromatic rings. The van der Waals surface area contributed by atoms with Gasteiger partial charge < -0.3 is 30.4 Å². The van der Waals surface area contributed by atoms with E-state index in [0.29, 0.717) is 0 Å². The topological polar surface area (TPSA) is 249 Å². The summed E-state index contributed by atoms with van der Waals surface area (Å²) in [6.07, 6.45) is -5.40. The van der Waals surface area contributed by atoms with Gasteiger partial charge in [0.2, 0.25) is 32.6 Å². The first kappa shape index (κ1) is 36.2. The fourth-order valence-corrected chi connectivity index (χ4v) is 2.65. The van der Waals surface area contributed by atoms with E-state index in [1.54, 1.807) is 0 Å². The van der Waals surface area contributed by atoms with Crippen LogP contribution < -0.4 is 80.4 Å². The van der Waals surface area contributed by atoms with Gasteiger partial charge >= 0.3 is 59.1 Å². The Labute approximate surface area is 228 Å². The zero-order valence-electron chi connectivity index (χ0n) is 17.7. The van der Waals surface area contributed by atoms with Crippen molar-refractivity contribution in [1.82, 2.24) is 21.3 Å². The smallest absolute Gasteiger partial charge is 0.725 e. The van der Waals surface area contributed by atoms with Crippen LogP contribution in [0.25, 0.3) is 0 Å². The van der Waals surface area contributed by atoms with Gasteiger partial charge in [-0.25, -0.2) is 16.8 Å². The first-order valence-corrected chi connectivity index (χ1v) is 10.6. The van der Waals surface area contributed by atoms with Gasteiger partial charge in [-0.2, -0.15) is 0 Å². The van der Waals surface area contributed by atoms with Crippen LogP contribution in [-0.4, -0.2) is 88.0 Å². The number of amides is 4. The van der Waals surface area contributed by atoms with Gasteiger partial charge in [0, 0.05) is 40.0 Å². The molecule has 0 aromatic heterocycles. The SMILES string of the molecule is CC(=O)NCCNC(=O)C(OS(=O)(=O)[O-])C(OS(=O)(=O)[O-])C(=O)NCCNC(C)=O.[Na+].[Na+]. The molecule has 0 radical (unpaired) electrons. The average molecular weight is 522 g/mol. The first-order chi connectivity index (χ1) is 13.6. The summed E-state index contributed by atoms with van der Waals surface area (Å²) in [6, 6.07) is 0. The van der Waals surface area contributed by atoms with Crippen LogP contribution >= 0.6 is 0 Å². The molecule has 0 bridgehead atoms. The molecule has 0 heterocycles. The van der Waals surface area contributed by atoms with Gasteiger partial charge in [-0.1, -0.05) is 0 Å². The standard InChI is InChI=1S/C12H22N4O12S2.2Na/c1-7(17)13-3-5-15-11(19)9(27-29(21,22)23)10(28-30(24,25)26)12(20)16-6-4-14-8(2)18;;/h9-10H,3-6H2,1-2H3,(H,13,17)(H,14,18)(H,15,19)(H,16,20)(H,21,22,23)(H,24,25,26);;/q;2*+1/p-2. The summed E-state index contributed by atoms with van der Waals surface area (Å²) in [6.45, 7) is 1.30. The molecule has 0 saturated carbocycles. The van der Waals surface area contributed by atoms with Gasteiger partial charge in [0.25, 0.3) is 11.8 Å². The maximum absolute atomic E-state index is 12.2. The molecule has 0 aromatic carbocycles. The molecule has 0 saturated heterocycles. The van der Waals surface area contributed by atoms with Crippen LogP contribution in [-0.2, 0) is 48.3 Å². The minimum Gasteiger partial charge on any atom is -0.725 e. The maximum Gasteiger partial charge on any atom is 1.00 e. The molecule has 0 aliphatic rings. The second-order valence-corrected chi connectivity index (χ2v) is 7.42. The zero-order valence-corrected chi connectivity index (χ0v) is 23.3. The molecule has 4 amide bonds. The second kappa shape index (κ2) is 17.1. The Morgan fingerprint density at radius 3 is 1.12 bits per heavy atom. The molecule has 0 aliphatic heterocycles. The molecule has 20 heteroatoms. The Morgan fingerprint density at radius 2 is 0.906 bits per heavy atom. The second-order valence-electron chi connectivity index (χ2n) is 5.40. The molecule has 16 nitrogen and oxygen atoms in total. The van der Waals surface area contributed by atoms with Crippen LogP contribution in [0.2, 0.25) is 0 Å². The van der Waals surface area contributed by atoms with Crippen molar-refractivity contribution in [2.24, 2.45) is 0 Å². The van der Waals surface area contributed by atoms with E-state index in [-0.39, 0.29) is 85.3 Å². The summed E-state index contributed by atoms with van der Waals surface area (Å²) < 4.78 is 73.3. The Kier molecular flexibility index (Phi) is 19.4. The van der Waals surface area contributed by atoms with Gasteiger partial charge in [-0.3, -0.25) is 27.5 Å². The van der Waals surface area contributed by atoms with Gasteiger partial charge in [0.1, 0.15) is 0 Å². The van der Waals surface area contributed by atoms with Crippen LogP contribution in [0.3, 0.4) is 0 Å². The zero-order chi connectivity index (χ0) is 23.5. The Balaban J connectivity index is -0.00000420.